The lowest BCUT2D eigenvalue weighted by Crippen LogP contribution is -2.44. The summed E-state index contributed by atoms with van der Waals surface area (Å²) in [7, 11) is 0. The molecule has 100 valence electrons. The first-order chi connectivity index (χ1) is 8.69. The van der Waals surface area contributed by atoms with E-state index in [9.17, 15) is 4.79 Å². The summed E-state index contributed by atoms with van der Waals surface area (Å²) < 4.78 is 0. The lowest BCUT2D eigenvalue weighted by atomic mass is 10.0. The first kappa shape index (κ1) is 13.3. The van der Waals surface area contributed by atoms with Crippen LogP contribution in [0.3, 0.4) is 0 Å². The van der Waals surface area contributed by atoms with Crippen molar-refractivity contribution in [2.75, 3.05) is 13.1 Å². The summed E-state index contributed by atoms with van der Waals surface area (Å²) in [5.41, 5.74) is 0. The molecule has 2 heterocycles. The summed E-state index contributed by atoms with van der Waals surface area (Å²) in [5, 5.41) is 3.95. The number of thiazole rings is 1. The fraction of sp³-hybridized carbons (Fsp3) is 0.692. The Bertz CT molecular complexity index is 405. The Kier molecular flexibility index (Phi) is 4.58. The molecule has 1 atom stereocenters. The van der Waals surface area contributed by atoms with Crippen LogP contribution in [0.15, 0.2) is 6.20 Å². The van der Waals surface area contributed by atoms with Gasteiger partial charge in [-0.1, -0.05) is 13.8 Å². The quantitative estimate of drug-likeness (QED) is 0.915. The highest BCUT2D eigenvalue weighted by atomic mass is 32.1. The number of carbonyl (C=O) groups excluding carboxylic acids is 1. The van der Waals surface area contributed by atoms with Crippen molar-refractivity contribution in [2.24, 2.45) is 5.92 Å². The van der Waals surface area contributed by atoms with Crippen molar-refractivity contribution in [2.45, 2.75) is 39.7 Å². The maximum atomic E-state index is 12.0. The summed E-state index contributed by atoms with van der Waals surface area (Å²) in [5.74, 6) is 0.621. The minimum Gasteiger partial charge on any atom is -0.331 e. The van der Waals surface area contributed by atoms with E-state index < -0.39 is 0 Å². The van der Waals surface area contributed by atoms with Crippen molar-refractivity contribution in [3.05, 3.63) is 16.1 Å². The van der Waals surface area contributed by atoms with Gasteiger partial charge in [-0.15, -0.1) is 11.3 Å². The van der Waals surface area contributed by atoms with Gasteiger partial charge >= 0.3 is 6.03 Å². The van der Waals surface area contributed by atoms with E-state index in [2.05, 4.69) is 24.1 Å². The standard InChI is InChI=1S/C13H21N3OS/c1-3-11-7-14-12(18-11)8-15-13(17)16-6-4-5-10(2)9-16/h7,10H,3-6,8-9H2,1-2H3,(H,15,17). The molecule has 1 aromatic heterocycles. The number of carbonyl (C=O) groups is 1. The van der Waals surface area contributed by atoms with Crippen LogP contribution in [0.1, 0.15) is 36.6 Å². The van der Waals surface area contributed by atoms with E-state index in [0.29, 0.717) is 12.5 Å². The van der Waals surface area contributed by atoms with Gasteiger partial charge < -0.3 is 10.2 Å². The number of hydrogen-bond donors (Lipinski definition) is 1. The zero-order valence-corrected chi connectivity index (χ0v) is 11.9. The van der Waals surface area contributed by atoms with Gasteiger partial charge in [-0.3, -0.25) is 0 Å². The monoisotopic (exact) mass is 267 g/mol. The smallest absolute Gasteiger partial charge is 0.317 e. The van der Waals surface area contributed by atoms with Crippen molar-refractivity contribution in [1.82, 2.24) is 15.2 Å². The Morgan fingerprint density at radius 2 is 2.50 bits per heavy atom. The molecule has 2 amide bonds. The predicted octanol–water partition coefficient (Wildman–Crippen LogP) is 2.65. The molecule has 1 aliphatic heterocycles. The topological polar surface area (TPSA) is 45.2 Å². The third-order valence-electron chi connectivity index (χ3n) is 3.28. The molecule has 1 saturated heterocycles. The van der Waals surface area contributed by atoms with Crippen LogP contribution in [0.25, 0.3) is 0 Å². The van der Waals surface area contributed by atoms with Gasteiger partial charge in [0, 0.05) is 24.2 Å². The van der Waals surface area contributed by atoms with Crippen LogP contribution in [-0.2, 0) is 13.0 Å². The van der Waals surface area contributed by atoms with Crippen molar-refractivity contribution >= 4 is 17.4 Å². The molecule has 1 fully saturated rings. The first-order valence-corrected chi connectivity index (χ1v) is 7.47. The molecule has 1 aliphatic rings. The molecule has 0 radical (unpaired) electrons. The number of likely N-dealkylation sites (tertiary alicyclic amines) is 1. The van der Waals surface area contributed by atoms with Crippen molar-refractivity contribution in [1.29, 1.82) is 0 Å². The highest BCUT2D eigenvalue weighted by Gasteiger charge is 2.20. The second-order valence-corrected chi connectivity index (χ2v) is 6.13. The number of aryl methyl sites for hydroxylation is 1. The molecule has 0 bridgehead atoms. The van der Waals surface area contributed by atoms with E-state index in [1.807, 2.05) is 11.1 Å². The molecule has 5 heteroatoms. The normalized spacial score (nSPS) is 19.9. The highest BCUT2D eigenvalue weighted by Crippen LogP contribution is 2.16. The Hall–Kier alpha value is -1.10. The lowest BCUT2D eigenvalue weighted by molar-refractivity contribution is 0.169. The SMILES string of the molecule is CCc1cnc(CNC(=O)N2CCCC(C)C2)s1. The van der Waals surface area contributed by atoms with Gasteiger partial charge in [-0.05, 0) is 25.2 Å². The van der Waals surface area contributed by atoms with Crippen LogP contribution in [0, 0.1) is 5.92 Å². The van der Waals surface area contributed by atoms with E-state index in [-0.39, 0.29) is 6.03 Å². The molecule has 2 rings (SSSR count). The molecule has 0 saturated carbocycles. The van der Waals surface area contributed by atoms with Crippen molar-refractivity contribution < 1.29 is 4.79 Å². The van der Waals surface area contributed by atoms with E-state index in [0.717, 1.165) is 30.9 Å². The molecule has 0 aliphatic carbocycles. The molecule has 4 nitrogen and oxygen atoms in total. The highest BCUT2D eigenvalue weighted by molar-refractivity contribution is 7.11. The van der Waals surface area contributed by atoms with Crippen molar-refractivity contribution in [3.8, 4) is 0 Å². The van der Waals surface area contributed by atoms with Gasteiger partial charge in [-0.25, -0.2) is 9.78 Å². The third-order valence-corrected chi connectivity index (χ3v) is 4.43. The second-order valence-electron chi connectivity index (χ2n) is 4.93. The van der Waals surface area contributed by atoms with E-state index in [4.69, 9.17) is 0 Å². The summed E-state index contributed by atoms with van der Waals surface area (Å²) in [6.45, 7) is 6.63. The molecular weight excluding hydrogens is 246 g/mol. The van der Waals surface area contributed by atoms with Gasteiger partial charge in [0.2, 0.25) is 0 Å². The third kappa shape index (κ3) is 3.45. The van der Waals surface area contributed by atoms with Gasteiger partial charge in [-0.2, -0.15) is 0 Å². The van der Waals surface area contributed by atoms with Gasteiger partial charge in [0.15, 0.2) is 0 Å². The number of hydrogen-bond acceptors (Lipinski definition) is 3. The molecular formula is C13H21N3OS. The summed E-state index contributed by atoms with van der Waals surface area (Å²) >= 11 is 1.68. The van der Waals surface area contributed by atoms with Crippen LogP contribution in [-0.4, -0.2) is 29.0 Å². The summed E-state index contributed by atoms with van der Waals surface area (Å²) in [6, 6.07) is 0.0507. The molecule has 1 N–H and O–H groups in total. The number of aromatic nitrogens is 1. The molecule has 18 heavy (non-hydrogen) atoms. The predicted molar refractivity (Wildman–Crippen MR) is 73.7 cm³/mol. The van der Waals surface area contributed by atoms with Crippen LogP contribution in [0.2, 0.25) is 0 Å². The lowest BCUT2D eigenvalue weighted by Gasteiger charge is -2.30. The Morgan fingerprint density at radius 1 is 1.67 bits per heavy atom. The average molecular weight is 267 g/mol. The summed E-state index contributed by atoms with van der Waals surface area (Å²) in [4.78, 5) is 19.5. The maximum absolute atomic E-state index is 12.0. The Morgan fingerprint density at radius 3 is 3.17 bits per heavy atom. The Labute approximate surface area is 112 Å². The fourth-order valence-electron chi connectivity index (χ4n) is 2.23. The van der Waals surface area contributed by atoms with Crippen LogP contribution in [0.5, 0.6) is 0 Å². The maximum Gasteiger partial charge on any atom is 0.317 e. The second kappa shape index (κ2) is 6.18. The van der Waals surface area contributed by atoms with E-state index in [1.54, 1.807) is 11.3 Å². The number of amides is 2. The number of urea groups is 1. The van der Waals surface area contributed by atoms with Crippen LogP contribution < -0.4 is 5.32 Å². The van der Waals surface area contributed by atoms with Crippen LogP contribution in [0.4, 0.5) is 4.79 Å². The number of nitrogens with zero attached hydrogens (tertiary/aromatic N) is 2. The zero-order valence-electron chi connectivity index (χ0n) is 11.1. The molecule has 0 spiro atoms. The fourth-order valence-corrected chi connectivity index (χ4v) is 3.03. The number of rotatable bonds is 3. The first-order valence-electron chi connectivity index (χ1n) is 6.65. The van der Waals surface area contributed by atoms with Crippen molar-refractivity contribution in [3.63, 3.8) is 0 Å². The molecule has 1 aromatic rings. The molecule has 1 unspecified atom stereocenters. The van der Waals surface area contributed by atoms with Gasteiger partial charge in [0.05, 0.1) is 6.54 Å². The molecule has 0 aromatic carbocycles. The largest absolute Gasteiger partial charge is 0.331 e. The zero-order chi connectivity index (χ0) is 13.0. The minimum absolute atomic E-state index is 0.0507. The van der Waals surface area contributed by atoms with Gasteiger partial charge in [0.25, 0.3) is 0 Å². The Balaban J connectivity index is 1.80. The van der Waals surface area contributed by atoms with E-state index >= 15 is 0 Å². The van der Waals surface area contributed by atoms with Crippen LogP contribution >= 0.6 is 11.3 Å². The van der Waals surface area contributed by atoms with E-state index in [1.165, 1.54) is 11.3 Å². The number of piperidine rings is 1. The van der Waals surface area contributed by atoms with Gasteiger partial charge in [0.1, 0.15) is 5.01 Å². The summed E-state index contributed by atoms with van der Waals surface area (Å²) in [6.07, 6.45) is 5.26. The average Bonchev–Trinajstić information content (AvgIpc) is 2.84. The minimum atomic E-state index is 0.0507. The number of nitrogens with one attached hydrogen (secondary N) is 1.